The molecule has 2 aromatic rings. The Balaban J connectivity index is 2.09. The van der Waals surface area contributed by atoms with E-state index in [0.717, 1.165) is 6.26 Å². The predicted molar refractivity (Wildman–Crippen MR) is 113 cm³/mol. The standard InChI is InChI=1S/C20H25N3O6S/c1-12(2)29-17-9-8-15(11-18(17)28-4)20(25)22-21-19(24)14-7-6-13(3)16(10-14)23-30(5,26)27/h6-12,23H,1-5H3,(H,21,24)(H,22,25). The maximum atomic E-state index is 12.4. The largest absolute Gasteiger partial charge is 0.493 e. The van der Waals surface area contributed by atoms with Crippen LogP contribution in [-0.2, 0) is 10.0 Å². The second-order valence-corrected chi connectivity index (χ2v) is 8.59. The minimum absolute atomic E-state index is 0.0607. The lowest BCUT2D eigenvalue weighted by molar-refractivity contribution is 0.0846. The van der Waals surface area contributed by atoms with E-state index in [1.807, 2.05) is 13.8 Å². The van der Waals surface area contributed by atoms with Crippen molar-refractivity contribution < 1.29 is 27.5 Å². The molecule has 30 heavy (non-hydrogen) atoms. The zero-order chi connectivity index (χ0) is 22.5. The van der Waals surface area contributed by atoms with Crippen LogP contribution in [0.4, 0.5) is 5.69 Å². The van der Waals surface area contributed by atoms with E-state index in [9.17, 15) is 18.0 Å². The third-order valence-electron chi connectivity index (χ3n) is 3.87. The van der Waals surface area contributed by atoms with Gasteiger partial charge in [0.15, 0.2) is 11.5 Å². The number of nitrogens with one attached hydrogen (secondary N) is 3. The summed E-state index contributed by atoms with van der Waals surface area (Å²) < 4.78 is 36.1. The van der Waals surface area contributed by atoms with Crippen LogP contribution in [0.2, 0.25) is 0 Å². The minimum Gasteiger partial charge on any atom is -0.493 e. The smallest absolute Gasteiger partial charge is 0.269 e. The van der Waals surface area contributed by atoms with Crippen LogP contribution in [0.3, 0.4) is 0 Å². The van der Waals surface area contributed by atoms with E-state index < -0.39 is 21.8 Å². The van der Waals surface area contributed by atoms with Crippen LogP contribution in [0.25, 0.3) is 0 Å². The van der Waals surface area contributed by atoms with Crippen LogP contribution in [0.1, 0.15) is 40.1 Å². The van der Waals surface area contributed by atoms with Crippen LogP contribution in [0, 0.1) is 6.92 Å². The molecule has 2 aromatic carbocycles. The van der Waals surface area contributed by atoms with E-state index in [1.165, 1.54) is 25.3 Å². The first kappa shape index (κ1) is 23.0. The van der Waals surface area contributed by atoms with Crippen molar-refractivity contribution >= 4 is 27.5 Å². The Labute approximate surface area is 175 Å². The average Bonchev–Trinajstić information content (AvgIpc) is 2.66. The molecule has 0 bridgehead atoms. The van der Waals surface area contributed by atoms with Crippen LogP contribution in [-0.4, -0.2) is 39.7 Å². The quantitative estimate of drug-likeness (QED) is 0.573. The molecule has 162 valence electrons. The summed E-state index contributed by atoms with van der Waals surface area (Å²) in [5.41, 5.74) is 5.98. The van der Waals surface area contributed by atoms with E-state index in [2.05, 4.69) is 15.6 Å². The molecule has 0 radical (unpaired) electrons. The number of anilines is 1. The van der Waals surface area contributed by atoms with Gasteiger partial charge in [-0.05, 0) is 56.7 Å². The van der Waals surface area contributed by atoms with Crippen molar-refractivity contribution in [2.24, 2.45) is 0 Å². The van der Waals surface area contributed by atoms with Crippen molar-refractivity contribution in [3.8, 4) is 11.5 Å². The zero-order valence-corrected chi connectivity index (χ0v) is 18.2. The van der Waals surface area contributed by atoms with Crippen molar-refractivity contribution in [3.63, 3.8) is 0 Å². The van der Waals surface area contributed by atoms with Gasteiger partial charge >= 0.3 is 0 Å². The Bertz CT molecular complexity index is 1050. The third-order valence-corrected chi connectivity index (χ3v) is 4.46. The number of hydrogen-bond acceptors (Lipinski definition) is 6. The molecule has 0 aliphatic carbocycles. The van der Waals surface area contributed by atoms with E-state index in [1.54, 1.807) is 25.1 Å². The van der Waals surface area contributed by atoms with Gasteiger partial charge in [0.05, 0.1) is 25.2 Å². The molecule has 10 heteroatoms. The predicted octanol–water partition coefficient (Wildman–Crippen LogP) is 2.24. The Hall–Kier alpha value is -3.27. The van der Waals surface area contributed by atoms with Crippen molar-refractivity contribution in [1.29, 1.82) is 0 Å². The summed E-state index contributed by atoms with van der Waals surface area (Å²) in [5, 5.41) is 0. The number of rotatable bonds is 7. The van der Waals surface area contributed by atoms with Crippen molar-refractivity contribution in [1.82, 2.24) is 10.9 Å². The molecule has 9 nitrogen and oxygen atoms in total. The van der Waals surface area contributed by atoms with Crippen molar-refractivity contribution in [3.05, 3.63) is 53.1 Å². The topological polar surface area (TPSA) is 123 Å². The number of methoxy groups -OCH3 is 1. The molecule has 0 saturated heterocycles. The number of carbonyl (C=O) groups is 2. The molecule has 0 spiro atoms. The number of benzene rings is 2. The van der Waals surface area contributed by atoms with Crippen LogP contribution >= 0.6 is 0 Å². The van der Waals surface area contributed by atoms with Gasteiger partial charge in [-0.25, -0.2) is 8.42 Å². The van der Waals surface area contributed by atoms with Gasteiger partial charge in [0.1, 0.15) is 0 Å². The lowest BCUT2D eigenvalue weighted by Crippen LogP contribution is -2.41. The third kappa shape index (κ3) is 6.38. The summed E-state index contributed by atoms with van der Waals surface area (Å²) in [5.74, 6) is -0.276. The molecular weight excluding hydrogens is 410 g/mol. The molecule has 2 amide bonds. The number of hydrazine groups is 1. The normalized spacial score (nSPS) is 11.0. The van der Waals surface area contributed by atoms with E-state index in [4.69, 9.17) is 9.47 Å². The number of amides is 2. The molecule has 0 atom stereocenters. The number of ether oxygens (including phenoxy) is 2. The van der Waals surface area contributed by atoms with Crippen LogP contribution in [0.5, 0.6) is 11.5 Å². The number of carbonyl (C=O) groups excluding carboxylic acids is 2. The second kappa shape index (κ2) is 9.49. The van der Waals surface area contributed by atoms with Crippen molar-refractivity contribution in [2.75, 3.05) is 18.1 Å². The fourth-order valence-corrected chi connectivity index (χ4v) is 3.11. The SMILES string of the molecule is COc1cc(C(=O)NNC(=O)c2ccc(C)c(NS(C)(=O)=O)c2)ccc1OC(C)C. The molecule has 0 fully saturated rings. The zero-order valence-electron chi connectivity index (χ0n) is 17.4. The van der Waals surface area contributed by atoms with Crippen LogP contribution in [0.15, 0.2) is 36.4 Å². The first-order chi connectivity index (χ1) is 14.0. The van der Waals surface area contributed by atoms with Gasteiger partial charge in [-0.2, -0.15) is 0 Å². The molecule has 0 aromatic heterocycles. The van der Waals surface area contributed by atoms with E-state index >= 15 is 0 Å². The fraction of sp³-hybridized carbons (Fsp3) is 0.300. The first-order valence-corrected chi connectivity index (χ1v) is 10.9. The number of aryl methyl sites for hydroxylation is 1. The van der Waals surface area contributed by atoms with Gasteiger partial charge in [0.2, 0.25) is 10.0 Å². The summed E-state index contributed by atoms with van der Waals surface area (Å²) in [6.45, 7) is 5.45. The number of sulfonamides is 1. The Morgan fingerprint density at radius 1 is 0.933 bits per heavy atom. The Morgan fingerprint density at radius 3 is 2.03 bits per heavy atom. The molecule has 2 rings (SSSR count). The molecule has 3 N–H and O–H groups in total. The highest BCUT2D eigenvalue weighted by Crippen LogP contribution is 2.28. The van der Waals surface area contributed by atoms with Gasteiger partial charge in [-0.15, -0.1) is 0 Å². The van der Waals surface area contributed by atoms with E-state index in [-0.39, 0.29) is 22.9 Å². The first-order valence-electron chi connectivity index (χ1n) is 9.04. The highest BCUT2D eigenvalue weighted by atomic mass is 32.2. The van der Waals surface area contributed by atoms with Gasteiger partial charge in [-0.1, -0.05) is 6.07 Å². The van der Waals surface area contributed by atoms with Gasteiger partial charge in [0.25, 0.3) is 11.8 Å². The molecule has 0 aliphatic heterocycles. The Kier molecular flexibility index (Phi) is 7.28. The molecule has 0 unspecified atom stereocenters. The summed E-state index contributed by atoms with van der Waals surface area (Å²) in [7, 11) is -2.03. The lowest BCUT2D eigenvalue weighted by atomic mass is 10.1. The van der Waals surface area contributed by atoms with Gasteiger partial charge in [0, 0.05) is 11.1 Å². The number of hydrogen-bond donors (Lipinski definition) is 3. The maximum absolute atomic E-state index is 12.4. The van der Waals surface area contributed by atoms with E-state index in [0.29, 0.717) is 17.1 Å². The lowest BCUT2D eigenvalue weighted by Gasteiger charge is -2.15. The monoisotopic (exact) mass is 435 g/mol. The van der Waals surface area contributed by atoms with Gasteiger partial charge in [-0.3, -0.25) is 25.2 Å². The minimum atomic E-state index is -3.50. The molecule has 0 heterocycles. The van der Waals surface area contributed by atoms with Crippen molar-refractivity contribution in [2.45, 2.75) is 26.9 Å². The molecule has 0 aliphatic rings. The summed E-state index contributed by atoms with van der Waals surface area (Å²) in [6.07, 6.45) is 0.958. The molecular formula is C20H25N3O6S. The maximum Gasteiger partial charge on any atom is 0.269 e. The summed E-state index contributed by atoms with van der Waals surface area (Å²) in [6, 6.07) is 9.16. The highest BCUT2D eigenvalue weighted by Gasteiger charge is 2.15. The van der Waals surface area contributed by atoms with Gasteiger partial charge < -0.3 is 9.47 Å². The molecule has 0 saturated carbocycles. The van der Waals surface area contributed by atoms with Crippen LogP contribution < -0.4 is 25.0 Å². The average molecular weight is 436 g/mol. The highest BCUT2D eigenvalue weighted by molar-refractivity contribution is 7.92. The summed E-state index contributed by atoms with van der Waals surface area (Å²) in [4.78, 5) is 24.7. The second-order valence-electron chi connectivity index (χ2n) is 6.84. The fourth-order valence-electron chi connectivity index (χ4n) is 2.49. The Morgan fingerprint density at radius 2 is 1.50 bits per heavy atom. The summed E-state index contributed by atoms with van der Waals surface area (Å²) >= 11 is 0.